The highest BCUT2D eigenvalue weighted by Gasteiger charge is 1.95. The van der Waals surface area contributed by atoms with Gasteiger partial charge in [-0.05, 0) is 23.7 Å². The summed E-state index contributed by atoms with van der Waals surface area (Å²) < 4.78 is 0. The number of nitrogen functional groups attached to an aromatic ring is 1. The Morgan fingerprint density at radius 1 is 1.53 bits per heavy atom. The summed E-state index contributed by atoms with van der Waals surface area (Å²) in [6, 6.07) is 5.12. The van der Waals surface area contributed by atoms with Crippen molar-refractivity contribution >= 4 is 17.3 Å². The first-order chi connectivity index (χ1) is 7.24. The number of nitrogens with zero attached hydrogens (tertiary/aromatic N) is 3. The zero-order chi connectivity index (χ0) is 11.1. The Bertz CT molecular complexity index is 452. The van der Waals surface area contributed by atoms with Gasteiger partial charge in [-0.25, -0.2) is 0 Å². The highest BCUT2D eigenvalue weighted by Crippen LogP contribution is 2.16. The topological polar surface area (TPSA) is 74.8 Å². The van der Waals surface area contributed by atoms with Crippen molar-refractivity contribution in [3.63, 3.8) is 0 Å². The standard InChI is InChI=1S/C10H9ClN4/c11-9-4-5-10(12)8(7-9)3-1-2-6-14-15-13/h4-5,7H,2,6,12H2. The van der Waals surface area contributed by atoms with Gasteiger partial charge in [-0.2, -0.15) is 0 Å². The lowest BCUT2D eigenvalue weighted by atomic mass is 10.2. The van der Waals surface area contributed by atoms with E-state index in [0.29, 0.717) is 29.2 Å². The van der Waals surface area contributed by atoms with E-state index >= 15 is 0 Å². The van der Waals surface area contributed by atoms with E-state index in [0.717, 1.165) is 0 Å². The van der Waals surface area contributed by atoms with Crippen LogP contribution in [0.1, 0.15) is 12.0 Å². The second-order valence-electron chi connectivity index (χ2n) is 2.74. The molecule has 1 aromatic carbocycles. The molecule has 0 aromatic heterocycles. The monoisotopic (exact) mass is 220 g/mol. The molecule has 2 N–H and O–H groups in total. The molecule has 0 amide bonds. The third-order valence-electron chi connectivity index (χ3n) is 1.64. The zero-order valence-corrected chi connectivity index (χ0v) is 8.70. The molecule has 0 aliphatic heterocycles. The zero-order valence-electron chi connectivity index (χ0n) is 7.94. The van der Waals surface area contributed by atoms with E-state index in [1.165, 1.54) is 0 Å². The number of benzene rings is 1. The summed E-state index contributed by atoms with van der Waals surface area (Å²) in [6.45, 7) is 0.365. The average molecular weight is 221 g/mol. The van der Waals surface area contributed by atoms with E-state index in [4.69, 9.17) is 22.9 Å². The number of halogens is 1. The quantitative estimate of drug-likeness (QED) is 0.204. The Balaban J connectivity index is 2.70. The van der Waals surface area contributed by atoms with Crippen molar-refractivity contribution < 1.29 is 0 Å². The molecule has 0 spiro atoms. The van der Waals surface area contributed by atoms with E-state index in [-0.39, 0.29) is 0 Å². The molecule has 0 aliphatic carbocycles. The molecule has 0 unspecified atom stereocenters. The lowest BCUT2D eigenvalue weighted by Gasteiger charge is -1.97. The van der Waals surface area contributed by atoms with Gasteiger partial charge in [0.2, 0.25) is 0 Å². The molecule has 0 heterocycles. The van der Waals surface area contributed by atoms with Crippen LogP contribution < -0.4 is 5.73 Å². The molecule has 0 saturated heterocycles. The fourth-order valence-corrected chi connectivity index (χ4v) is 1.12. The lowest BCUT2D eigenvalue weighted by molar-refractivity contribution is 1.01. The number of azide groups is 1. The molecule has 0 bridgehead atoms. The predicted molar refractivity (Wildman–Crippen MR) is 61.4 cm³/mol. The first-order valence-electron chi connectivity index (χ1n) is 4.29. The molecule has 1 rings (SSSR count). The second kappa shape index (κ2) is 5.82. The Hall–Kier alpha value is -1.82. The third-order valence-corrected chi connectivity index (χ3v) is 1.87. The normalized spacial score (nSPS) is 8.60. The molecule has 1 aromatic rings. The van der Waals surface area contributed by atoms with Crippen LogP contribution in [0.2, 0.25) is 5.02 Å². The number of anilines is 1. The van der Waals surface area contributed by atoms with Crippen LogP contribution in [0.5, 0.6) is 0 Å². The Labute approximate surface area is 92.7 Å². The minimum absolute atomic E-state index is 0.365. The van der Waals surface area contributed by atoms with Crippen LogP contribution in [0.15, 0.2) is 23.3 Å². The van der Waals surface area contributed by atoms with Crippen LogP contribution >= 0.6 is 11.6 Å². The van der Waals surface area contributed by atoms with Crippen molar-refractivity contribution in [2.75, 3.05) is 12.3 Å². The summed E-state index contributed by atoms with van der Waals surface area (Å²) in [5.74, 6) is 5.72. The van der Waals surface area contributed by atoms with Gasteiger partial charge in [0.25, 0.3) is 0 Å². The molecular weight excluding hydrogens is 212 g/mol. The van der Waals surface area contributed by atoms with E-state index in [9.17, 15) is 0 Å². The highest BCUT2D eigenvalue weighted by atomic mass is 35.5. The van der Waals surface area contributed by atoms with Crippen LogP contribution in [0.25, 0.3) is 10.4 Å². The van der Waals surface area contributed by atoms with Crippen LogP contribution in [0.4, 0.5) is 5.69 Å². The van der Waals surface area contributed by atoms with Crippen LogP contribution in [0, 0.1) is 11.8 Å². The maximum atomic E-state index is 8.04. The molecule has 76 valence electrons. The van der Waals surface area contributed by atoms with Gasteiger partial charge < -0.3 is 5.73 Å². The van der Waals surface area contributed by atoms with Crippen LogP contribution in [-0.4, -0.2) is 6.54 Å². The summed E-state index contributed by atoms with van der Waals surface area (Å²) in [4.78, 5) is 2.62. The van der Waals surface area contributed by atoms with Crippen molar-refractivity contribution in [2.24, 2.45) is 5.11 Å². The van der Waals surface area contributed by atoms with Gasteiger partial charge >= 0.3 is 0 Å². The Kier molecular flexibility index (Phi) is 4.36. The summed E-state index contributed by atoms with van der Waals surface area (Å²) in [7, 11) is 0. The van der Waals surface area contributed by atoms with Crippen LogP contribution in [0.3, 0.4) is 0 Å². The smallest absolute Gasteiger partial charge is 0.0489 e. The molecule has 0 radical (unpaired) electrons. The molecule has 0 aliphatic rings. The summed E-state index contributed by atoms with van der Waals surface area (Å²) >= 11 is 5.79. The van der Waals surface area contributed by atoms with Gasteiger partial charge in [0.05, 0.1) is 0 Å². The van der Waals surface area contributed by atoms with Crippen molar-refractivity contribution in [1.29, 1.82) is 0 Å². The van der Waals surface area contributed by atoms with Gasteiger partial charge in [0.15, 0.2) is 0 Å². The summed E-state index contributed by atoms with van der Waals surface area (Å²) in [5.41, 5.74) is 15.0. The number of nitrogens with two attached hydrogens (primary N) is 1. The molecule has 4 nitrogen and oxygen atoms in total. The Morgan fingerprint density at radius 3 is 3.07 bits per heavy atom. The molecule has 0 fully saturated rings. The molecule has 0 saturated carbocycles. The van der Waals surface area contributed by atoms with E-state index in [1.54, 1.807) is 18.2 Å². The van der Waals surface area contributed by atoms with Crippen molar-refractivity contribution in [3.05, 3.63) is 39.2 Å². The van der Waals surface area contributed by atoms with Crippen molar-refractivity contribution in [1.82, 2.24) is 0 Å². The Morgan fingerprint density at radius 2 is 2.33 bits per heavy atom. The average Bonchev–Trinajstić information content (AvgIpc) is 2.23. The SMILES string of the molecule is [N-]=[N+]=NCCC#Cc1cc(Cl)ccc1N. The van der Waals surface area contributed by atoms with E-state index < -0.39 is 0 Å². The van der Waals surface area contributed by atoms with Gasteiger partial charge in [-0.1, -0.05) is 28.6 Å². The number of rotatable bonds is 2. The number of hydrogen-bond acceptors (Lipinski definition) is 2. The maximum Gasteiger partial charge on any atom is 0.0489 e. The van der Waals surface area contributed by atoms with E-state index in [2.05, 4.69) is 21.9 Å². The predicted octanol–water partition coefficient (Wildman–Crippen LogP) is 2.97. The van der Waals surface area contributed by atoms with Gasteiger partial charge in [0, 0.05) is 34.2 Å². The van der Waals surface area contributed by atoms with Gasteiger partial charge in [-0.15, -0.1) is 0 Å². The fraction of sp³-hybridized carbons (Fsp3) is 0.200. The minimum Gasteiger partial charge on any atom is -0.398 e. The molecule has 5 heteroatoms. The third kappa shape index (κ3) is 3.82. The van der Waals surface area contributed by atoms with Gasteiger partial charge in [-0.3, -0.25) is 0 Å². The first kappa shape index (κ1) is 11.3. The lowest BCUT2D eigenvalue weighted by Crippen LogP contribution is -1.89. The molecule has 0 atom stereocenters. The van der Waals surface area contributed by atoms with E-state index in [1.807, 2.05) is 0 Å². The van der Waals surface area contributed by atoms with Crippen molar-refractivity contribution in [2.45, 2.75) is 6.42 Å². The van der Waals surface area contributed by atoms with Crippen LogP contribution in [-0.2, 0) is 0 Å². The largest absolute Gasteiger partial charge is 0.398 e. The number of hydrogen-bond donors (Lipinski definition) is 1. The van der Waals surface area contributed by atoms with Gasteiger partial charge in [0.1, 0.15) is 0 Å². The summed E-state index contributed by atoms with van der Waals surface area (Å²) in [6.07, 6.45) is 0.510. The maximum absolute atomic E-state index is 8.04. The summed E-state index contributed by atoms with van der Waals surface area (Å²) in [5, 5.41) is 3.96. The minimum atomic E-state index is 0.365. The highest BCUT2D eigenvalue weighted by molar-refractivity contribution is 6.30. The fourth-order valence-electron chi connectivity index (χ4n) is 0.945. The first-order valence-corrected chi connectivity index (χ1v) is 4.66. The van der Waals surface area contributed by atoms with Crippen molar-refractivity contribution in [3.8, 4) is 11.8 Å². The molecule has 15 heavy (non-hydrogen) atoms. The molecular formula is C10H9ClN4. The second-order valence-corrected chi connectivity index (χ2v) is 3.17.